The van der Waals surface area contributed by atoms with Crippen molar-refractivity contribution in [2.45, 2.75) is 36.3 Å². The minimum atomic E-state index is -3.94. The number of hydrogen-bond donors (Lipinski definition) is 0. The van der Waals surface area contributed by atoms with Crippen molar-refractivity contribution in [3.63, 3.8) is 0 Å². The Kier molecular flexibility index (Phi) is 3.82. The van der Waals surface area contributed by atoms with E-state index in [9.17, 15) is 12.6 Å². The molecule has 0 aliphatic carbocycles. The molecule has 0 saturated carbocycles. The number of nitrogens with zero attached hydrogens (tertiary/aromatic N) is 2. The van der Waals surface area contributed by atoms with Gasteiger partial charge in [0.25, 0.3) is 0 Å². The predicted molar refractivity (Wildman–Crippen MR) is 82.4 cm³/mol. The fraction of sp³-hybridized carbons (Fsp3) is 0.357. The first-order chi connectivity index (χ1) is 10.4. The van der Waals surface area contributed by atoms with Crippen molar-refractivity contribution in [2.24, 2.45) is 0 Å². The highest BCUT2D eigenvalue weighted by atomic mass is 32.2. The summed E-state index contributed by atoms with van der Waals surface area (Å²) in [6.07, 6.45) is 0. The Labute approximate surface area is 131 Å². The zero-order valence-corrected chi connectivity index (χ0v) is 13.9. The molecule has 0 bridgehead atoms. The van der Waals surface area contributed by atoms with Crippen molar-refractivity contribution in [1.82, 2.24) is 9.78 Å². The van der Waals surface area contributed by atoms with Crippen molar-refractivity contribution in [3.05, 3.63) is 41.6 Å². The Hall–Kier alpha value is -1.67. The van der Waals surface area contributed by atoms with Crippen LogP contribution in [0.1, 0.15) is 31.1 Å². The number of hydrogen-bond acceptors (Lipinski definition) is 5. The van der Waals surface area contributed by atoms with Gasteiger partial charge in [0.05, 0.1) is 28.8 Å². The highest BCUT2D eigenvalue weighted by Gasteiger charge is 2.31. The van der Waals surface area contributed by atoms with E-state index in [1.165, 1.54) is 12.1 Å². The van der Waals surface area contributed by atoms with Gasteiger partial charge in [-0.3, -0.25) is 4.21 Å². The molecule has 1 aliphatic rings. The van der Waals surface area contributed by atoms with Crippen molar-refractivity contribution >= 4 is 20.9 Å². The first-order valence-electron chi connectivity index (χ1n) is 6.83. The summed E-state index contributed by atoms with van der Waals surface area (Å²) in [4.78, 5) is 0.0828. The van der Waals surface area contributed by atoms with Crippen LogP contribution in [0.5, 0.6) is 5.88 Å². The molecule has 0 N–H and O–H groups in total. The summed E-state index contributed by atoms with van der Waals surface area (Å²) in [5, 5.41) is 4.35. The first-order valence-corrected chi connectivity index (χ1v) is 9.73. The van der Waals surface area contributed by atoms with Crippen LogP contribution in [0.2, 0.25) is 0 Å². The summed E-state index contributed by atoms with van der Waals surface area (Å²) in [5.74, 6) is 0.804. The van der Waals surface area contributed by atoms with Gasteiger partial charge in [-0.1, -0.05) is 18.2 Å². The molecule has 6 nitrogen and oxygen atoms in total. The van der Waals surface area contributed by atoms with Gasteiger partial charge in [-0.05, 0) is 26.0 Å². The molecule has 22 heavy (non-hydrogen) atoms. The molecule has 2 heterocycles. The Morgan fingerprint density at radius 3 is 2.55 bits per heavy atom. The highest BCUT2D eigenvalue weighted by Crippen LogP contribution is 2.34. The van der Waals surface area contributed by atoms with Crippen LogP contribution in [0.25, 0.3) is 0 Å². The molecule has 3 rings (SSSR count). The molecule has 0 saturated heterocycles. The Morgan fingerprint density at radius 2 is 1.91 bits per heavy atom. The third kappa shape index (κ3) is 2.68. The average molecular weight is 340 g/mol. The maximum Gasteiger partial charge on any atom is 0.340 e. The van der Waals surface area contributed by atoms with E-state index in [1.807, 2.05) is 13.8 Å². The first kappa shape index (κ1) is 15.2. The summed E-state index contributed by atoms with van der Waals surface area (Å²) in [5.41, 5.74) is 1.29. The van der Waals surface area contributed by atoms with E-state index < -0.39 is 20.9 Å². The third-order valence-corrected chi connectivity index (χ3v) is 5.79. The summed E-state index contributed by atoms with van der Waals surface area (Å²) in [7, 11) is -4.98. The third-order valence-electron chi connectivity index (χ3n) is 3.36. The Balaban J connectivity index is 2.04. The molecule has 1 aromatic heterocycles. The second-order valence-electron chi connectivity index (χ2n) is 5.35. The lowest BCUT2D eigenvalue weighted by molar-refractivity contribution is 0.414. The molecule has 1 aromatic carbocycles. The van der Waals surface area contributed by atoms with Crippen molar-refractivity contribution in [3.8, 4) is 5.88 Å². The highest BCUT2D eigenvalue weighted by molar-refractivity contribution is 7.87. The van der Waals surface area contributed by atoms with Gasteiger partial charge < -0.3 is 4.18 Å². The van der Waals surface area contributed by atoms with Crippen LogP contribution in [0, 0.1) is 0 Å². The molecule has 0 spiro atoms. The lowest BCUT2D eigenvalue weighted by Gasteiger charge is -2.13. The Morgan fingerprint density at radius 1 is 1.23 bits per heavy atom. The zero-order valence-electron chi connectivity index (χ0n) is 12.2. The molecule has 0 amide bonds. The average Bonchev–Trinajstić information content (AvgIpc) is 2.97. The standard InChI is InChI=1S/C14H16N2O4S2/c1-10(2)16-14(12-8-21(17)9-13(12)15-16)20-22(18,19)11-6-4-3-5-7-11/h3-7,10H,8-9H2,1-2H3. The SMILES string of the molecule is CC(C)n1nc2c(c1OS(=O)(=O)c1ccccc1)CS(=O)C2. The Bertz CT molecular complexity index is 826. The molecule has 8 heteroatoms. The normalized spacial score (nSPS) is 17.7. The van der Waals surface area contributed by atoms with E-state index in [1.54, 1.807) is 22.9 Å². The van der Waals surface area contributed by atoms with Gasteiger partial charge in [-0.2, -0.15) is 13.5 Å². The molecule has 118 valence electrons. The van der Waals surface area contributed by atoms with Gasteiger partial charge in [0.15, 0.2) is 0 Å². The van der Waals surface area contributed by atoms with E-state index in [2.05, 4.69) is 5.10 Å². The lowest BCUT2D eigenvalue weighted by atomic mass is 10.3. The maximum absolute atomic E-state index is 12.4. The second-order valence-corrected chi connectivity index (χ2v) is 8.35. The van der Waals surface area contributed by atoms with Gasteiger partial charge in [0.1, 0.15) is 4.90 Å². The lowest BCUT2D eigenvalue weighted by Crippen LogP contribution is -2.15. The molecule has 1 aliphatic heterocycles. The molecule has 0 radical (unpaired) electrons. The fourth-order valence-corrected chi connectivity index (χ4v) is 4.52. The summed E-state index contributed by atoms with van der Waals surface area (Å²) >= 11 is 0. The van der Waals surface area contributed by atoms with E-state index >= 15 is 0 Å². The van der Waals surface area contributed by atoms with Gasteiger partial charge in [-0.25, -0.2) is 4.68 Å². The number of benzene rings is 1. The predicted octanol–water partition coefficient (Wildman–Crippen LogP) is 1.99. The van der Waals surface area contributed by atoms with Crippen LogP contribution < -0.4 is 4.18 Å². The van der Waals surface area contributed by atoms with Crippen LogP contribution in [-0.2, 0) is 32.4 Å². The minimum Gasteiger partial charge on any atom is -0.358 e. The van der Waals surface area contributed by atoms with Crippen LogP contribution in [-0.4, -0.2) is 22.4 Å². The van der Waals surface area contributed by atoms with Gasteiger partial charge in [0.2, 0.25) is 5.88 Å². The van der Waals surface area contributed by atoms with Crippen LogP contribution in [0.15, 0.2) is 35.2 Å². The molecule has 1 atom stereocenters. The van der Waals surface area contributed by atoms with Gasteiger partial charge >= 0.3 is 10.1 Å². The van der Waals surface area contributed by atoms with Gasteiger partial charge in [0, 0.05) is 10.8 Å². The van der Waals surface area contributed by atoms with Crippen LogP contribution >= 0.6 is 0 Å². The summed E-state index contributed by atoms with van der Waals surface area (Å²) in [6, 6.07) is 7.90. The van der Waals surface area contributed by atoms with Crippen molar-refractivity contribution in [1.29, 1.82) is 0 Å². The van der Waals surface area contributed by atoms with Gasteiger partial charge in [-0.15, -0.1) is 0 Å². The van der Waals surface area contributed by atoms with E-state index in [0.717, 1.165) is 0 Å². The molecule has 2 aromatic rings. The van der Waals surface area contributed by atoms with Crippen LogP contribution in [0.3, 0.4) is 0 Å². The number of fused-ring (bicyclic) bond motifs is 1. The van der Waals surface area contributed by atoms with Crippen LogP contribution in [0.4, 0.5) is 0 Å². The minimum absolute atomic E-state index is 0.0555. The smallest absolute Gasteiger partial charge is 0.340 e. The molecule has 1 unspecified atom stereocenters. The fourth-order valence-electron chi connectivity index (χ4n) is 2.30. The topological polar surface area (TPSA) is 78.3 Å². The summed E-state index contributed by atoms with van der Waals surface area (Å²) in [6.45, 7) is 3.78. The monoisotopic (exact) mass is 340 g/mol. The molecule has 0 fully saturated rings. The van der Waals surface area contributed by atoms with E-state index in [-0.39, 0.29) is 22.6 Å². The number of rotatable bonds is 4. The van der Waals surface area contributed by atoms with Crippen molar-refractivity contribution in [2.75, 3.05) is 0 Å². The molecular formula is C14H16N2O4S2. The van der Waals surface area contributed by atoms with E-state index in [4.69, 9.17) is 4.18 Å². The zero-order chi connectivity index (χ0) is 15.9. The molecular weight excluding hydrogens is 324 g/mol. The summed E-state index contributed by atoms with van der Waals surface area (Å²) < 4.78 is 43.4. The van der Waals surface area contributed by atoms with E-state index in [0.29, 0.717) is 17.0 Å². The number of aromatic nitrogens is 2. The second kappa shape index (κ2) is 5.51. The maximum atomic E-state index is 12.4. The quantitative estimate of drug-likeness (QED) is 0.796. The largest absolute Gasteiger partial charge is 0.358 e. The van der Waals surface area contributed by atoms with Crippen molar-refractivity contribution < 1.29 is 16.8 Å².